The molecule has 0 unspecified atom stereocenters. The average Bonchev–Trinajstić information content (AvgIpc) is 2.38. The first-order valence-electron chi connectivity index (χ1n) is 6.03. The van der Waals surface area contributed by atoms with Crippen LogP contribution in [0.1, 0.15) is 51.9 Å². The van der Waals surface area contributed by atoms with E-state index in [1.54, 1.807) is 0 Å². The van der Waals surface area contributed by atoms with Crippen LogP contribution in [0.3, 0.4) is 0 Å². The number of rotatable bonds is 0. The van der Waals surface area contributed by atoms with E-state index in [2.05, 4.69) is 6.92 Å². The Kier molecular flexibility index (Phi) is 2.85. The van der Waals surface area contributed by atoms with Crippen molar-refractivity contribution >= 4 is 0 Å². The summed E-state index contributed by atoms with van der Waals surface area (Å²) in [4.78, 5) is 0. The third-order valence-electron chi connectivity index (χ3n) is 4.48. The minimum absolute atomic E-state index is 0.143. The van der Waals surface area contributed by atoms with Crippen molar-refractivity contribution in [3.05, 3.63) is 0 Å². The molecule has 0 bridgehead atoms. The number of hydrogen-bond donors (Lipinski definition) is 2. The van der Waals surface area contributed by atoms with Gasteiger partial charge >= 0.3 is 0 Å². The lowest BCUT2D eigenvalue weighted by molar-refractivity contribution is -0.0662. The van der Waals surface area contributed by atoms with Crippen molar-refractivity contribution in [1.82, 2.24) is 0 Å². The van der Waals surface area contributed by atoms with Crippen LogP contribution in [0.25, 0.3) is 0 Å². The van der Waals surface area contributed by atoms with E-state index in [-0.39, 0.29) is 17.6 Å². The molecule has 0 saturated heterocycles. The predicted octanol–water partition coefficient (Wildman–Crippen LogP) is 2.09. The summed E-state index contributed by atoms with van der Waals surface area (Å²) in [6.45, 7) is 2.11. The Morgan fingerprint density at radius 2 is 1.79 bits per heavy atom. The lowest BCUT2D eigenvalue weighted by Gasteiger charge is -2.37. The number of hydrogen-bond acceptors (Lipinski definition) is 2. The summed E-state index contributed by atoms with van der Waals surface area (Å²) in [5.74, 6) is 0.378. The minimum atomic E-state index is -0.268. The maximum atomic E-state index is 10.2. The smallest absolute Gasteiger partial charge is 0.0646 e. The van der Waals surface area contributed by atoms with Crippen LogP contribution < -0.4 is 0 Å². The summed E-state index contributed by atoms with van der Waals surface area (Å²) in [5, 5.41) is 20.4. The Labute approximate surface area is 86.3 Å². The Balaban J connectivity index is 2.18. The molecule has 0 aromatic heterocycles. The highest BCUT2D eigenvalue weighted by Crippen LogP contribution is 2.50. The second kappa shape index (κ2) is 3.82. The molecule has 0 aromatic carbocycles. The molecule has 2 fully saturated rings. The van der Waals surface area contributed by atoms with Gasteiger partial charge < -0.3 is 10.2 Å². The van der Waals surface area contributed by atoms with Gasteiger partial charge in [-0.3, -0.25) is 0 Å². The van der Waals surface area contributed by atoms with Crippen molar-refractivity contribution < 1.29 is 10.2 Å². The lowest BCUT2D eigenvalue weighted by Crippen LogP contribution is -2.42. The first-order chi connectivity index (χ1) is 6.67. The summed E-state index contributed by atoms with van der Waals surface area (Å²) < 4.78 is 0. The van der Waals surface area contributed by atoms with Crippen LogP contribution in [0, 0.1) is 11.3 Å². The number of aliphatic hydroxyl groups is 2. The SMILES string of the molecule is C[C@@H]1CC[C@]2(CCCCC[C@H]2O)[C@H]1O. The van der Waals surface area contributed by atoms with E-state index in [0.717, 1.165) is 32.1 Å². The molecule has 2 nitrogen and oxygen atoms in total. The molecular formula is C12H22O2. The van der Waals surface area contributed by atoms with Gasteiger partial charge in [0.15, 0.2) is 0 Å². The molecule has 2 aliphatic rings. The van der Waals surface area contributed by atoms with Crippen LogP contribution >= 0.6 is 0 Å². The highest BCUT2D eigenvalue weighted by molar-refractivity contribution is 5.00. The summed E-state index contributed by atoms with van der Waals surface area (Å²) in [7, 11) is 0. The molecule has 0 amide bonds. The van der Waals surface area contributed by atoms with Crippen LogP contribution in [-0.4, -0.2) is 22.4 Å². The van der Waals surface area contributed by atoms with Gasteiger partial charge in [-0.05, 0) is 31.6 Å². The van der Waals surface area contributed by atoms with Crippen molar-refractivity contribution in [2.75, 3.05) is 0 Å². The Morgan fingerprint density at radius 1 is 1.00 bits per heavy atom. The van der Waals surface area contributed by atoms with E-state index in [0.29, 0.717) is 5.92 Å². The predicted molar refractivity (Wildman–Crippen MR) is 55.9 cm³/mol. The topological polar surface area (TPSA) is 40.5 Å². The molecule has 14 heavy (non-hydrogen) atoms. The van der Waals surface area contributed by atoms with Crippen LogP contribution in [-0.2, 0) is 0 Å². The molecule has 2 heteroatoms. The quantitative estimate of drug-likeness (QED) is 0.625. The van der Waals surface area contributed by atoms with E-state index in [1.165, 1.54) is 12.8 Å². The molecule has 0 heterocycles. The van der Waals surface area contributed by atoms with Gasteiger partial charge in [0.2, 0.25) is 0 Å². The average molecular weight is 198 g/mol. The minimum Gasteiger partial charge on any atom is -0.392 e. The molecule has 4 atom stereocenters. The van der Waals surface area contributed by atoms with Gasteiger partial charge in [-0.1, -0.05) is 26.2 Å². The molecule has 2 aliphatic carbocycles. The molecule has 2 rings (SSSR count). The fraction of sp³-hybridized carbons (Fsp3) is 1.00. The van der Waals surface area contributed by atoms with E-state index in [4.69, 9.17) is 0 Å². The normalized spacial score (nSPS) is 49.5. The van der Waals surface area contributed by atoms with E-state index in [1.807, 2.05) is 0 Å². The second-order valence-electron chi connectivity index (χ2n) is 5.31. The van der Waals surface area contributed by atoms with Crippen molar-refractivity contribution in [2.45, 2.75) is 64.1 Å². The molecule has 2 N–H and O–H groups in total. The van der Waals surface area contributed by atoms with Crippen molar-refractivity contribution in [3.63, 3.8) is 0 Å². The van der Waals surface area contributed by atoms with Crippen molar-refractivity contribution in [1.29, 1.82) is 0 Å². The summed E-state index contributed by atoms with van der Waals surface area (Å²) in [6, 6.07) is 0. The molecule has 0 radical (unpaired) electrons. The van der Waals surface area contributed by atoms with E-state index in [9.17, 15) is 10.2 Å². The van der Waals surface area contributed by atoms with Gasteiger partial charge in [0.05, 0.1) is 12.2 Å². The van der Waals surface area contributed by atoms with Gasteiger partial charge in [-0.15, -0.1) is 0 Å². The second-order valence-corrected chi connectivity index (χ2v) is 5.31. The van der Waals surface area contributed by atoms with Crippen LogP contribution in [0.2, 0.25) is 0 Å². The zero-order chi connectivity index (χ0) is 10.2. The van der Waals surface area contributed by atoms with Crippen LogP contribution in [0.4, 0.5) is 0 Å². The van der Waals surface area contributed by atoms with Gasteiger partial charge in [-0.2, -0.15) is 0 Å². The van der Waals surface area contributed by atoms with Crippen LogP contribution in [0.15, 0.2) is 0 Å². The molecule has 2 saturated carbocycles. The van der Waals surface area contributed by atoms with E-state index < -0.39 is 0 Å². The highest BCUT2D eigenvalue weighted by Gasteiger charge is 2.50. The van der Waals surface area contributed by atoms with Gasteiger partial charge in [0, 0.05) is 5.41 Å². The zero-order valence-electron chi connectivity index (χ0n) is 9.08. The Hall–Kier alpha value is -0.0800. The Bertz CT molecular complexity index is 204. The van der Waals surface area contributed by atoms with Crippen LogP contribution in [0.5, 0.6) is 0 Å². The van der Waals surface area contributed by atoms with Gasteiger partial charge in [0.1, 0.15) is 0 Å². The third kappa shape index (κ3) is 1.49. The largest absolute Gasteiger partial charge is 0.392 e. The monoisotopic (exact) mass is 198 g/mol. The molecule has 0 aromatic rings. The third-order valence-corrected chi connectivity index (χ3v) is 4.48. The Morgan fingerprint density at radius 3 is 2.43 bits per heavy atom. The molecule has 82 valence electrons. The standard InChI is InChI=1S/C12H22O2/c1-9-6-8-12(11(9)14)7-4-2-3-5-10(12)13/h9-11,13-14H,2-8H2,1H3/t9-,10-,11+,12+/m1/s1. The summed E-state index contributed by atoms with van der Waals surface area (Å²) >= 11 is 0. The van der Waals surface area contributed by atoms with Crippen molar-refractivity contribution in [3.8, 4) is 0 Å². The number of aliphatic hydroxyl groups excluding tert-OH is 2. The van der Waals surface area contributed by atoms with Gasteiger partial charge in [-0.25, -0.2) is 0 Å². The van der Waals surface area contributed by atoms with E-state index >= 15 is 0 Å². The zero-order valence-corrected chi connectivity index (χ0v) is 9.08. The fourth-order valence-corrected chi connectivity index (χ4v) is 3.43. The first kappa shape index (κ1) is 10.4. The lowest BCUT2D eigenvalue weighted by atomic mass is 9.74. The summed E-state index contributed by atoms with van der Waals surface area (Å²) in [6.07, 6.45) is 7.03. The maximum Gasteiger partial charge on any atom is 0.0646 e. The summed E-state index contributed by atoms with van der Waals surface area (Å²) in [5.41, 5.74) is -0.143. The molecular weight excluding hydrogens is 176 g/mol. The fourth-order valence-electron chi connectivity index (χ4n) is 3.43. The van der Waals surface area contributed by atoms with Gasteiger partial charge in [0.25, 0.3) is 0 Å². The maximum absolute atomic E-state index is 10.2. The molecule has 1 spiro atoms. The first-order valence-corrected chi connectivity index (χ1v) is 6.03. The molecule has 0 aliphatic heterocycles. The highest BCUT2D eigenvalue weighted by atomic mass is 16.3. The van der Waals surface area contributed by atoms with Crippen molar-refractivity contribution in [2.24, 2.45) is 11.3 Å².